The van der Waals surface area contributed by atoms with E-state index in [1.165, 1.54) is 24.2 Å². The van der Waals surface area contributed by atoms with Gasteiger partial charge in [0.1, 0.15) is 0 Å². The predicted molar refractivity (Wildman–Crippen MR) is 82.8 cm³/mol. The van der Waals surface area contributed by atoms with Gasteiger partial charge in [-0.05, 0) is 36.8 Å². The molecule has 1 aliphatic heterocycles. The van der Waals surface area contributed by atoms with Crippen LogP contribution in [0.5, 0.6) is 0 Å². The van der Waals surface area contributed by atoms with E-state index in [1.54, 1.807) is 11.0 Å². The number of thiophene rings is 1. The monoisotopic (exact) mass is 372 g/mol. The van der Waals surface area contributed by atoms with E-state index in [9.17, 15) is 18.0 Å². The van der Waals surface area contributed by atoms with E-state index >= 15 is 0 Å². The standard InChI is InChI=1S/C15H15F3N4O2S/c16-15(17,18)13-20-12(21-24-13)11-5-9-7-22(4-3-10(9)25-11)14(23)19-6-8-1-2-8/h5,8H,1-4,6-7H2,(H,19,23). The first-order chi connectivity index (χ1) is 11.9. The summed E-state index contributed by atoms with van der Waals surface area (Å²) < 4.78 is 42.0. The number of alkyl halides is 3. The zero-order valence-corrected chi connectivity index (χ0v) is 13.9. The van der Waals surface area contributed by atoms with Gasteiger partial charge in [-0.1, -0.05) is 5.16 Å². The summed E-state index contributed by atoms with van der Waals surface area (Å²) >= 11 is 1.34. The van der Waals surface area contributed by atoms with Crippen LogP contribution in [0.4, 0.5) is 18.0 Å². The van der Waals surface area contributed by atoms with E-state index in [2.05, 4.69) is 20.0 Å². The van der Waals surface area contributed by atoms with Crippen LogP contribution in [0.3, 0.4) is 0 Å². The summed E-state index contributed by atoms with van der Waals surface area (Å²) in [6.45, 7) is 1.73. The minimum atomic E-state index is -4.65. The van der Waals surface area contributed by atoms with E-state index in [4.69, 9.17) is 0 Å². The SMILES string of the molecule is O=C(NCC1CC1)N1CCc2sc(-c3noc(C(F)(F)F)n3)cc2C1. The summed E-state index contributed by atoms with van der Waals surface area (Å²) in [5, 5.41) is 6.35. The van der Waals surface area contributed by atoms with Gasteiger partial charge >= 0.3 is 18.1 Å². The molecule has 0 radical (unpaired) electrons. The summed E-state index contributed by atoms with van der Waals surface area (Å²) in [6, 6.07) is 1.65. The lowest BCUT2D eigenvalue weighted by Gasteiger charge is -2.27. The number of carbonyl (C=O) groups is 1. The topological polar surface area (TPSA) is 71.3 Å². The van der Waals surface area contributed by atoms with Crippen LogP contribution >= 0.6 is 11.3 Å². The Morgan fingerprint density at radius 2 is 2.24 bits per heavy atom. The predicted octanol–water partition coefficient (Wildman–Crippen LogP) is 3.29. The minimum Gasteiger partial charge on any atom is -0.338 e. The molecule has 4 rings (SSSR count). The van der Waals surface area contributed by atoms with Crippen molar-refractivity contribution >= 4 is 17.4 Å². The van der Waals surface area contributed by atoms with Gasteiger partial charge in [0.05, 0.1) is 4.88 Å². The molecule has 0 aromatic carbocycles. The third kappa shape index (κ3) is 3.48. The third-order valence-corrected chi connectivity index (χ3v) is 5.51. The highest BCUT2D eigenvalue weighted by molar-refractivity contribution is 7.15. The number of urea groups is 1. The lowest BCUT2D eigenvalue weighted by atomic mass is 10.1. The fourth-order valence-electron chi connectivity index (χ4n) is 2.72. The van der Waals surface area contributed by atoms with Gasteiger partial charge in [0, 0.05) is 24.5 Å². The highest BCUT2D eigenvalue weighted by atomic mass is 32.1. The van der Waals surface area contributed by atoms with Crippen LogP contribution in [0.1, 0.15) is 29.2 Å². The van der Waals surface area contributed by atoms with Crippen molar-refractivity contribution in [3.63, 3.8) is 0 Å². The van der Waals surface area contributed by atoms with Crippen molar-refractivity contribution < 1.29 is 22.5 Å². The maximum atomic E-state index is 12.6. The fourth-order valence-corrected chi connectivity index (χ4v) is 3.81. The molecule has 2 amide bonds. The van der Waals surface area contributed by atoms with Crippen molar-refractivity contribution in [2.45, 2.75) is 32.0 Å². The summed E-state index contributed by atoms with van der Waals surface area (Å²) in [5.74, 6) is -0.815. The van der Waals surface area contributed by atoms with Gasteiger partial charge < -0.3 is 14.7 Å². The molecular weight excluding hydrogens is 357 g/mol. The van der Waals surface area contributed by atoms with Crippen LogP contribution in [0.15, 0.2) is 10.6 Å². The van der Waals surface area contributed by atoms with Crippen LogP contribution in [-0.4, -0.2) is 34.2 Å². The Balaban J connectivity index is 1.46. The van der Waals surface area contributed by atoms with E-state index in [0.717, 1.165) is 10.4 Å². The maximum absolute atomic E-state index is 12.6. The Kier molecular flexibility index (Phi) is 3.94. The number of hydrogen-bond acceptors (Lipinski definition) is 5. The first-order valence-corrected chi connectivity index (χ1v) is 8.77. The highest BCUT2D eigenvalue weighted by Crippen LogP contribution is 2.35. The Morgan fingerprint density at radius 1 is 1.44 bits per heavy atom. The van der Waals surface area contributed by atoms with E-state index in [1.807, 2.05) is 0 Å². The average molecular weight is 372 g/mol. The number of amides is 2. The molecule has 3 heterocycles. The van der Waals surface area contributed by atoms with Crippen LogP contribution in [-0.2, 0) is 19.1 Å². The van der Waals surface area contributed by atoms with E-state index in [0.29, 0.717) is 36.9 Å². The summed E-state index contributed by atoms with van der Waals surface area (Å²) in [7, 11) is 0. The van der Waals surface area contributed by atoms with Crippen molar-refractivity contribution in [2.75, 3.05) is 13.1 Å². The molecule has 134 valence electrons. The second-order valence-corrected chi connectivity index (χ2v) is 7.42. The van der Waals surface area contributed by atoms with Crippen LogP contribution in [0, 0.1) is 5.92 Å². The fraction of sp³-hybridized carbons (Fsp3) is 0.533. The summed E-state index contributed by atoms with van der Waals surface area (Å²) in [5.41, 5.74) is 0.922. The van der Waals surface area contributed by atoms with Crippen molar-refractivity contribution in [3.05, 3.63) is 22.4 Å². The normalized spacial score (nSPS) is 17.5. The van der Waals surface area contributed by atoms with Gasteiger partial charge in [-0.3, -0.25) is 0 Å². The smallest absolute Gasteiger partial charge is 0.338 e. The third-order valence-electron chi connectivity index (χ3n) is 4.28. The summed E-state index contributed by atoms with van der Waals surface area (Å²) in [4.78, 5) is 18.9. The van der Waals surface area contributed by atoms with E-state index < -0.39 is 12.1 Å². The van der Waals surface area contributed by atoms with Crippen molar-refractivity contribution in [1.29, 1.82) is 0 Å². The van der Waals surface area contributed by atoms with Gasteiger partial charge in [-0.2, -0.15) is 18.2 Å². The molecule has 2 aromatic heterocycles. The molecule has 0 spiro atoms. The second kappa shape index (κ2) is 6.01. The van der Waals surface area contributed by atoms with Gasteiger partial charge in [0.15, 0.2) is 0 Å². The molecule has 0 saturated heterocycles. The molecule has 25 heavy (non-hydrogen) atoms. The largest absolute Gasteiger partial charge is 0.471 e. The van der Waals surface area contributed by atoms with Crippen molar-refractivity contribution in [2.24, 2.45) is 5.92 Å². The number of nitrogens with one attached hydrogen (secondary N) is 1. The van der Waals surface area contributed by atoms with Crippen molar-refractivity contribution in [3.8, 4) is 10.7 Å². The molecule has 2 aromatic rings. The Labute approximate surface area is 145 Å². The zero-order valence-electron chi connectivity index (χ0n) is 13.1. The maximum Gasteiger partial charge on any atom is 0.471 e. The van der Waals surface area contributed by atoms with Gasteiger partial charge in [-0.25, -0.2) is 4.79 Å². The molecule has 2 aliphatic rings. The highest BCUT2D eigenvalue weighted by Gasteiger charge is 2.39. The number of fused-ring (bicyclic) bond motifs is 1. The quantitative estimate of drug-likeness (QED) is 0.898. The minimum absolute atomic E-state index is 0.0727. The Hall–Kier alpha value is -2.10. The Bertz CT molecular complexity index is 797. The number of aromatic nitrogens is 2. The molecular formula is C15H15F3N4O2S. The molecule has 6 nitrogen and oxygen atoms in total. The number of carbonyl (C=O) groups excluding carboxylic acids is 1. The van der Waals surface area contributed by atoms with Gasteiger partial charge in [-0.15, -0.1) is 11.3 Å². The van der Waals surface area contributed by atoms with Crippen LogP contribution in [0.25, 0.3) is 10.7 Å². The average Bonchev–Trinajstić information content (AvgIpc) is 3.09. The van der Waals surface area contributed by atoms with Gasteiger partial charge in [0.2, 0.25) is 5.82 Å². The summed E-state index contributed by atoms with van der Waals surface area (Å²) in [6.07, 6.45) is -1.65. The first-order valence-electron chi connectivity index (χ1n) is 7.96. The lowest BCUT2D eigenvalue weighted by Crippen LogP contribution is -2.43. The molecule has 0 atom stereocenters. The molecule has 1 N–H and O–H groups in total. The van der Waals surface area contributed by atoms with Crippen LogP contribution in [0.2, 0.25) is 0 Å². The second-order valence-electron chi connectivity index (χ2n) is 6.28. The molecule has 0 unspecified atom stereocenters. The van der Waals surface area contributed by atoms with Crippen molar-refractivity contribution in [1.82, 2.24) is 20.4 Å². The number of rotatable bonds is 3. The van der Waals surface area contributed by atoms with E-state index in [-0.39, 0.29) is 11.9 Å². The van der Waals surface area contributed by atoms with Crippen LogP contribution < -0.4 is 5.32 Å². The number of nitrogens with zero attached hydrogens (tertiary/aromatic N) is 3. The Morgan fingerprint density at radius 3 is 2.92 bits per heavy atom. The molecule has 1 fully saturated rings. The molecule has 0 bridgehead atoms. The molecule has 1 aliphatic carbocycles. The number of halogens is 3. The molecule has 10 heteroatoms. The lowest BCUT2D eigenvalue weighted by molar-refractivity contribution is -0.159. The van der Waals surface area contributed by atoms with Gasteiger partial charge in [0.25, 0.3) is 0 Å². The molecule has 1 saturated carbocycles. The zero-order chi connectivity index (χ0) is 17.6. The number of hydrogen-bond donors (Lipinski definition) is 1. The first kappa shape index (κ1) is 16.4.